The number of likely N-dealkylation sites (tertiary alicyclic amines) is 1. The molecular formula is C28H42N2O. The number of piperidine rings is 1. The minimum absolute atomic E-state index is 0.0773. The first kappa shape index (κ1) is 22.6. The van der Waals surface area contributed by atoms with Crippen LogP contribution in [0.15, 0.2) is 30.3 Å². The zero-order valence-corrected chi connectivity index (χ0v) is 20.1. The molecule has 3 heteroatoms. The zero-order chi connectivity index (χ0) is 22.0. The third kappa shape index (κ3) is 4.77. The molecule has 4 rings (SSSR count). The molecule has 0 aromatic heterocycles. The summed E-state index contributed by atoms with van der Waals surface area (Å²) in [6.07, 6.45) is 12.7. The molecule has 170 valence electrons. The maximum atomic E-state index is 12.8. The molecule has 2 unspecified atom stereocenters. The van der Waals surface area contributed by atoms with Crippen molar-refractivity contribution >= 4 is 11.5 Å². The summed E-state index contributed by atoms with van der Waals surface area (Å²) in [4.78, 5) is 15.7. The molecule has 1 aromatic rings. The summed E-state index contributed by atoms with van der Waals surface area (Å²) < 4.78 is 0. The van der Waals surface area contributed by atoms with E-state index in [0.717, 1.165) is 35.4 Å². The fourth-order valence-corrected chi connectivity index (χ4v) is 6.56. The van der Waals surface area contributed by atoms with Gasteiger partial charge >= 0.3 is 0 Å². The highest BCUT2D eigenvalue weighted by atomic mass is 16.1. The number of allylic oxidation sites excluding steroid dienone is 1. The molecule has 1 saturated carbocycles. The van der Waals surface area contributed by atoms with E-state index in [1.54, 1.807) is 0 Å². The van der Waals surface area contributed by atoms with Gasteiger partial charge < -0.3 is 10.2 Å². The first-order valence-electron chi connectivity index (χ1n) is 12.7. The van der Waals surface area contributed by atoms with E-state index in [1.807, 2.05) is 13.8 Å². The molecule has 1 N–H and O–H groups in total. The van der Waals surface area contributed by atoms with E-state index < -0.39 is 0 Å². The highest BCUT2D eigenvalue weighted by Crippen LogP contribution is 2.47. The highest BCUT2D eigenvalue weighted by molar-refractivity contribution is 6.20. The number of carbonyl (C=O) groups is 1. The number of benzene rings is 1. The van der Waals surface area contributed by atoms with Crippen molar-refractivity contribution in [2.45, 2.75) is 96.6 Å². The lowest BCUT2D eigenvalue weighted by atomic mass is 9.65. The molecule has 0 radical (unpaired) electrons. The number of hydrogen-bond donors (Lipinski definition) is 1. The van der Waals surface area contributed by atoms with Crippen LogP contribution in [0.1, 0.15) is 90.2 Å². The van der Waals surface area contributed by atoms with Gasteiger partial charge in [-0.05, 0) is 88.4 Å². The normalized spacial score (nSPS) is 26.1. The second-order valence-electron chi connectivity index (χ2n) is 11.1. The smallest absolute Gasteiger partial charge is 0.251 e. The second-order valence-corrected chi connectivity index (χ2v) is 11.1. The van der Waals surface area contributed by atoms with E-state index in [9.17, 15) is 4.79 Å². The minimum Gasteiger partial charge on any atom is -0.350 e. The van der Waals surface area contributed by atoms with Crippen LogP contribution in [-0.2, 0) is 10.2 Å². The van der Waals surface area contributed by atoms with E-state index in [1.165, 1.54) is 63.6 Å². The number of hydrogen-bond acceptors (Lipinski definition) is 2. The Hall–Kier alpha value is -1.61. The first-order chi connectivity index (χ1) is 14.9. The average molecular weight is 423 g/mol. The Kier molecular flexibility index (Phi) is 6.91. The van der Waals surface area contributed by atoms with Crippen LogP contribution in [0, 0.1) is 11.8 Å². The van der Waals surface area contributed by atoms with E-state index in [0.29, 0.717) is 0 Å². The lowest BCUT2D eigenvalue weighted by molar-refractivity contribution is -0.116. The molecule has 1 amide bonds. The molecule has 1 heterocycles. The van der Waals surface area contributed by atoms with E-state index in [4.69, 9.17) is 0 Å². The van der Waals surface area contributed by atoms with Crippen LogP contribution in [0.25, 0.3) is 5.57 Å². The fourth-order valence-electron chi connectivity index (χ4n) is 6.56. The quantitative estimate of drug-likeness (QED) is 0.637. The van der Waals surface area contributed by atoms with Crippen molar-refractivity contribution in [2.24, 2.45) is 11.8 Å². The number of nitrogens with one attached hydrogen (secondary N) is 1. The molecule has 0 bridgehead atoms. The molecule has 1 aromatic carbocycles. The number of rotatable bonds is 5. The standard InChI is InChI=1S/C28H42N2O/c1-20(2)19-22-9-5-8-12-26(22)30-17-15-28(16-18-30)14-13-24(27(31)29-21(3)4)23-10-6-7-11-25(23)28/h6-7,10-11,13,20-22,26H,5,8-9,12,14-19H2,1-4H3,(H,29,31). The van der Waals surface area contributed by atoms with Crippen LogP contribution in [0.5, 0.6) is 0 Å². The van der Waals surface area contributed by atoms with E-state index in [-0.39, 0.29) is 17.4 Å². The van der Waals surface area contributed by atoms with Crippen molar-refractivity contribution in [3.05, 3.63) is 41.5 Å². The van der Waals surface area contributed by atoms with Crippen molar-refractivity contribution in [3.8, 4) is 0 Å². The maximum Gasteiger partial charge on any atom is 0.251 e. The van der Waals surface area contributed by atoms with Gasteiger partial charge in [0.1, 0.15) is 0 Å². The predicted octanol–water partition coefficient (Wildman–Crippen LogP) is 5.94. The number of carbonyl (C=O) groups excluding carboxylic acids is 1. The predicted molar refractivity (Wildman–Crippen MR) is 130 cm³/mol. The van der Waals surface area contributed by atoms with Crippen molar-refractivity contribution in [2.75, 3.05) is 13.1 Å². The van der Waals surface area contributed by atoms with Gasteiger partial charge in [-0.3, -0.25) is 4.79 Å². The second kappa shape index (κ2) is 9.48. The Morgan fingerprint density at radius 3 is 2.52 bits per heavy atom. The van der Waals surface area contributed by atoms with Crippen LogP contribution >= 0.6 is 0 Å². The minimum atomic E-state index is 0.0773. The van der Waals surface area contributed by atoms with Crippen LogP contribution in [-0.4, -0.2) is 36.0 Å². The summed E-state index contributed by atoms with van der Waals surface area (Å²) >= 11 is 0. The topological polar surface area (TPSA) is 32.3 Å². The third-order valence-corrected chi connectivity index (χ3v) is 8.02. The summed E-state index contributed by atoms with van der Waals surface area (Å²) in [5, 5.41) is 3.10. The van der Waals surface area contributed by atoms with Gasteiger partial charge in [-0.15, -0.1) is 0 Å². The van der Waals surface area contributed by atoms with Crippen LogP contribution in [0.3, 0.4) is 0 Å². The largest absolute Gasteiger partial charge is 0.350 e. The average Bonchev–Trinajstić information content (AvgIpc) is 2.74. The Morgan fingerprint density at radius 2 is 1.81 bits per heavy atom. The third-order valence-electron chi connectivity index (χ3n) is 8.02. The van der Waals surface area contributed by atoms with Gasteiger partial charge in [-0.1, -0.05) is 57.0 Å². The summed E-state index contributed by atoms with van der Waals surface area (Å²) in [7, 11) is 0. The summed E-state index contributed by atoms with van der Waals surface area (Å²) in [6.45, 7) is 11.2. The Labute approximate surface area is 189 Å². The lowest BCUT2D eigenvalue weighted by Crippen LogP contribution is -2.51. The van der Waals surface area contributed by atoms with E-state index in [2.05, 4.69) is 54.4 Å². The van der Waals surface area contributed by atoms with Crippen molar-refractivity contribution in [1.82, 2.24) is 10.2 Å². The molecule has 2 atom stereocenters. The monoisotopic (exact) mass is 422 g/mol. The van der Waals surface area contributed by atoms with Crippen molar-refractivity contribution in [3.63, 3.8) is 0 Å². The molecule has 3 nitrogen and oxygen atoms in total. The Bertz CT molecular complexity index is 801. The molecule has 1 saturated heterocycles. The van der Waals surface area contributed by atoms with Crippen LogP contribution in [0.2, 0.25) is 0 Å². The molecule has 1 aliphatic heterocycles. The van der Waals surface area contributed by atoms with Crippen LogP contribution < -0.4 is 5.32 Å². The molecule has 2 aliphatic carbocycles. The Morgan fingerprint density at radius 1 is 1.10 bits per heavy atom. The number of nitrogens with zero attached hydrogens (tertiary/aromatic N) is 1. The number of fused-ring (bicyclic) bond motifs is 2. The highest BCUT2D eigenvalue weighted by Gasteiger charge is 2.42. The summed E-state index contributed by atoms with van der Waals surface area (Å²) in [5.41, 5.74) is 3.66. The molecule has 31 heavy (non-hydrogen) atoms. The maximum absolute atomic E-state index is 12.8. The van der Waals surface area contributed by atoms with Gasteiger partial charge in [0.25, 0.3) is 5.91 Å². The van der Waals surface area contributed by atoms with Crippen molar-refractivity contribution < 1.29 is 4.79 Å². The SMILES string of the molecule is CC(C)CC1CCCCC1N1CCC2(CC=C(C(=O)NC(C)C)c3ccccc32)CC1. The van der Waals surface area contributed by atoms with Gasteiger partial charge in [-0.2, -0.15) is 0 Å². The van der Waals surface area contributed by atoms with Gasteiger partial charge in [0.05, 0.1) is 0 Å². The van der Waals surface area contributed by atoms with Gasteiger partial charge in [0.2, 0.25) is 0 Å². The van der Waals surface area contributed by atoms with Crippen molar-refractivity contribution in [1.29, 1.82) is 0 Å². The summed E-state index contributed by atoms with van der Waals surface area (Å²) in [6, 6.07) is 9.65. The lowest BCUT2D eigenvalue weighted by Gasteiger charge is -2.49. The summed E-state index contributed by atoms with van der Waals surface area (Å²) in [5.74, 6) is 1.76. The van der Waals surface area contributed by atoms with Crippen LogP contribution in [0.4, 0.5) is 0 Å². The zero-order valence-electron chi connectivity index (χ0n) is 20.1. The number of amides is 1. The van der Waals surface area contributed by atoms with Gasteiger partial charge in [0.15, 0.2) is 0 Å². The van der Waals surface area contributed by atoms with Gasteiger partial charge in [-0.25, -0.2) is 0 Å². The first-order valence-corrected chi connectivity index (χ1v) is 12.7. The van der Waals surface area contributed by atoms with Gasteiger partial charge in [0, 0.05) is 23.1 Å². The molecule has 1 spiro atoms. The molecular weight excluding hydrogens is 380 g/mol. The Balaban J connectivity index is 1.51. The molecule has 2 fully saturated rings. The van der Waals surface area contributed by atoms with E-state index >= 15 is 0 Å². The molecule has 3 aliphatic rings. The fraction of sp³-hybridized carbons (Fsp3) is 0.679.